The van der Waals surface area contributed by atoms with Crippen LogP contribution >= 0.6 is 0 Å². The largest absolute Gasteiger partial charge is 0.496 e. The Morgan fingerprint density at radius 3 is 2.70 bits per heavy atom. The number of rotatable bonds is 5. The third-order valence-electron chi connectivity index (χ3n) is 4.14. The minimum Gasteiger partial charge on any atom is -0.496 e. The Labute approximate surface area is 155 Å². The van der Waals surface area contributed by atoms with Crippen molar-refractivity contribution in [3.05, 3.63) is 59.6 Å². The van der Waals surface area contributed by atoms with Gasteiger partial charge in [0.2, 0.25) is 0 Å². The molecule has 27 heavy (non-hydrogen) atoms. The summed E-state index contributed by atoms with van der Waals surface area (Å²) >= 11 is 0. The Kier molecular flexibility index (Phi) is 4.80. The Morgan fingerprint density at radius 2 is 2.04 bits per heavy atom. The zero-order valence-corrected chi connectivity index (χ0v) is 14.9. The fraction of sp³-hybridized carbons (Fsp3) is 0.105. The van der Waals surface area contributed by atoms with Crippen LogP contribution in [0.5, 0.6) is 5.75 Å². The molecule has 0 saturated heterocycles. The first kappa shape index (κ1) is 18.0. The van der Waals surface area contributed by atoms with Crippen molar-refractivity contribution >= 4 is 22.6 Å². The van der Waals surface area contributed by atoms with Gasteiger partial charge in [-0.3, -0.25) is 5.10 Å². The third kappa shape index (κ3) is 3.45. The number of aromatic nitrogens is 3. The zero-order valence-electron chi connectivity index (χ0n) is 14.9. The lowest BCUT2D eigenvalue weighted by Crippen LogP contribution is -2.16. The third-order valence-corrected chi connectivity index (χ3v) is 4.14. The molecule has 6 N–H and O–H groups in total. The van der Waals surface area contributed by atoms with Crippen LogP contribution in [0.25, 0.3) is 27.9 Å². The molecule has 0 spiro atoms. The summed E-state index contributed by atoms with van der Waals surface area (Å²) in [6, 6.07) is 9.45. The molecule has 0 fully saturated rings. The Balaban J connectivity index is 2.13. The van der Waals surface area contributed by atoms with Crippen LogP contribution < -0.4 is 16.2 Å². The van der Waals surface area contributed by atoms with Gasteiger partial charge in [0.25, 0.3) is 0 Å². The summed E-state index contributed by atoms with van der Waals surface area (Å²) in [6.45, 7) is 1.76. The number of pyridine rings is 1. The molecule has 0 saturated carbocycles. The molecule has 3 rings (SSSR count). The van der Waals surface area contributed by atoms with Crippen LogP contribution in [0.2, 0.25) is 0 Å². The van der Waals surface area contributed by atoms with Crippen LogP contribution in [-0.4, -0.2) is 33.4 Å². The van der Waals surface area contributed by atoms with Crippen LogP contribution in [0.4, 0.5) is 0 Å². The predicted octanol–water partition coefficient (Wildman–Crippen LogP) is 2.25. The quantitative estimate of drug-likeness (QED) is 0.401. The molecule has 0 aliphatic rings. The molecule has 0 unspecified atom stereocenters. The summed E-state index contributed by atoms with van der Waals surface area (Å²) in [7, 11) is 1.60. The number of hydrogen-bond donors (Lipinski definition) is 4. The molecular formula is C19H19N5O3. The van der Waals surface area contributed by atoms with Crippen molar-refractivity contribution in [2.24, 2.45) is 11.5 Å². The number of H-pyrrole nitrogens is 1. The van der Waals surface area contributed by atoms with Crippen LogP contribution in [0.15, 0.2) is 54.0 Å². The van der Waals surface area contributed by atoms with E-state index in [1.54, 1.807) is 20.2 Å². The number of aliphatic carboxylic acids is 1. The standard InChI is InChI=1S/C19H19N5O3/c1-10(7-14(17(20)21)19(25)26)11-8-13-16(23-24-18(13)22-9-11)12-5-3-4-6-15(12)27-2/h3-9H,20-21H2,1-2H3,(H,25,26)(H,22,23,24)/b10-7+. The van der Waals surface area contributed by atoms with E-state index in [0.717, 1.165) is 22.2 Å². The van der Waals surface area contributed by atoms with Gasteiger partial charge in [0.05, 0.1) is 18.4 Å². The minimum absolute atomic E-state index is 0.162. The maximum absolute atomic E-state index is 11.3. The second-order valence-electron chi connectivity index (χ2n) is 5.90. The molecule has 0 amide bonds. The van der Waals surface area contributed by atoms with E-state index in [4.69, 9.17) is 16.2 Å². The highest BCUT2D eigenvalue weighted by Gasteiger charge is 2.14. The van der Waals surface area contributed by atoms with Gasteiger partial charge < -0.3 is 21.3 Å². The molecule has 2 aromatic heterocycles. The molecule has 2 heterocycles. The molecule has 3 aromatic rings. The van der Waals surface area contributed by atoms with E-state index in [9.17, 15) is 9.90 Å². The lowest BCUT2D eigenvalue weighted by atomic mass is 10.0. The van der Waals surface area contributed by atoms with Gasteiger partial charge in [-0.15, -0.1) is 0 Å². The maximum atomic E-state index is 11.3. The van der Waals surface area contributed by atoms with Crippen molar-refractivity contribution < 1.29 is 14.6 Å². The molecule has 8 nitrogen and oxygen atoms in total. The number of carbonyl (C=O) groups is 1. The molecule has 1 aromatic carbocycles. The predicted molar refractivity (Wildman–Crippen MR) is 103 cm³/mol. The Morgan fingerprint density at radius 1 is 1.30 bits per heavy atom. The van der Waals surface area contributed by atoms with Crippen molar-refractivity contribution in [2.75, 3.05) is 7.11 Å². The lowest BCUT2D eigenvalue weighted by Gasteiger charge is -2.07. The first-order valence-corrected chi connectivity index (χ1v) is 8.07. The topological polar surface area (TPSA) is 140 Å². The van der Waals surface area contributed by atoms with Crippen molar-refractivity contribution in [3.8, 4) is 17.0 Å². The number of para-hydroxylation sites is 1. The van der Waals surface area contributed by atoms with Crippen LogP contribution in [0.1, 0.15) is 12.5 Å². The van der Waals surface area contributed by atoms with Gasteiger partial charge in [-0.1, -0.05) is 12.1 Å². The number of carboxylic acid groups (broad SMARTS) is 1. The summed E-state index contributed by atoms with van der Waals surface area (Å²) in [5.74, 6) is -0.747. The molecule has 0 aliphatic heterocycles. The van der Waals surface area contributed by atoms with E-state index in [2.05, 4.69) is 15.2 Å². The number of nitrogens with two attached hydrogens (primary N) is 2. The van der Waals surface area contributed by atoms with Crippen molar-refractivity contribution in [1.82, 2.24) is 15.2 Å². The summed E-state index contributed by atoms with van der Waals surface area (Å²) in [4.78, 5) is 15.6. The van der Waals surface area contributed by atoms with Crippen molar-refractivity contribution in [3.63, 3.8) is 0 Å². The number of allylic oxidation sites excluding steroid dienone is 1. The van der Waals surface area contributed by atoms with Crippen molar-refractivity contribution in [2.45, 2.75) is 6.92 Å². The fourth-order valence-corrected chi connectivity index (χ4v) is 2.74. The van der Waals surface area contributed by atoms with Crippen molar-refractivity contribution in [1.29, 1.82) is 0 Å². The summed E-state index contributed by atoms with van der Waals surface area (Å²) in [5.41, 5.74) is 14.3. The number of hydrogen-bond acceptors (Lipinski definition) is 6. The average Bonchev–Trinajstić information content (AvgIpc) is 3.08. The number of nitrogens with one attached hydrogen (secondary N) is 1. The SMILES string of the molecule is COc1ccccc1-c1[nH]nc2ncc(/C(C)=C/C(C(=O)O)=C(N)N)cc12. The van der Waals surface area contributed by atoms with E-state index in [-0.39, 0.29) is 11.4 Å². The molecule has 0 aliphatic carbocycles. The van der Waals surface area contributed by atoms with Gasteiger partial charge in [-0.2, -0.15) is 5.10 Å². The summed E-state index contributed by atoms with van der Waals surface area (Å²) in [5, 5.41) is 17.2. The molecule has 0 atom stereocenters. The van der Waals surface area contributed by atoms with E-state index < -0.39 is 5.97 Å². The van der Waals surface area contributed by atoms with E-state index >= 15 is 0 Å². The van der Waals surface area contributed by atoms with E-state index in [1.807, 2.05) is 30.3 Å². The highest BCUT2D eigenvalue weighted by molar-refractivity contribution is 5.96. The second kappa shape index (κ2) is 7.20. The average molecular weight is 365 g/mol. The molecule has 0 bridgehead atoms. The first-order chi connectivity index (χ1) is 12.9. The maximum Gasteiger partial charge on any atom is 0.339 e. The number of carboxylic acids is 1. The van der Waals surface area contributed by atoms with Gasteiger partial charge in [0.1, 0.15) is 11.6 Å². The number of ether oxygens (including phenoxy) is 1. The molecular weight excluding hydrogens is 346 g/mol. The van der Waals surface area contributed by atoms with E-state index in [0.29, 0.717) is 17.0 Å². The van der Waals surface area contributed by atoms with Crippen LogP contribution in [0.3, 0.4) is 0 Å². The number of benzene rings is 1. The molecule has 0 radical (unpaired) electrons. The first-order valence-electron chi connectivity index (χ1n) is 8.07. The van der Waals surface area contributed by atoms with E-state index in [1.165, 1.54) is 6.08 Å². The Bertz CT molecular complexity index is 1080. The van der Waals surface area contributed by atoms with Crippen LogP contribution in [0, 0.1) is 0 Å². The van der Waals surface area contributed by atoms with Gasteiger partial charge >= 0.3 is 5.97 Å². The number of fused-ring (bicyclic) bond motifs is 1. The number of aromatic amines is 1. The minimum atomic E-state index is -1.19. The summed E-state index contributed by atoms with van der Waals surface area (Å²) in [6.07, 6.45) is 3.04. The number of nitrogens with zero attached hydrogens (tertiary/aromatic N) is 2. The second-order valence-corrected chi connectivity index (χ2v) is 5.90. The summed E-state index contributed by atoms with van der Waals surface area (Å²) < 4.78 is 5.42. The smallest absolute Gasteiger partial charge is 0.339 e. The van der Waals surface area contributed by atoms with Gasteiger partial charge in [-0.25, -0.2) is 9.78 Å². The zero-order chi connectivity index (χ0) is 19.6. The normalized spacial score (nSPS) is 11.4. The fourth-order valence-electron chi connectivity index (χ4n) is 2.74. The monoisotopic (exact) mass is 365 g/mol. The van der Waals surface area contributed by atoms with Gasteiger partial charge in [0, 0.05) is 17.1 Å². The Hall–Kier alpha value is -3.81. The van der Waals surface area contributed by atoms with Crippen LogP contribution in [-0.2, 0) is 4.79 Å². The molecule has 8 heteroatoms. The highest BCUT2D eigenvalue weighted by atomic mass is 16.5. The number of methoxy groups -OCH3 is 1. The van der Waals surface area contributed by atoms with Gasteiger partial charge in [0.15, 0.2) is 5.65 Å². The molecule has 138 valence electrons. The lowest BCUT2D eigenvalue weighted by molar-refractivity contribution is -0.132. The highest BCUT2D eigenvalue weighted by Crippen LogP contribution is 2.33. The van der Waals surface area contributed by atoms with Gasteiger partial charge in [-0.05, 0) is 42.3 Å².